The largest absolute Gasteiger partial charge is 0.406 e. The lowest BCUT2D eigenvalue weighted by Gasteiger charge is -2.22. The highest BCUT2D eigenvalue weighted by molar-refractivity contribution is 5.95. The van der Waals surface area contributed by atoms with E-state index in [-0.39, 0.29) is 12.1 Å². The van der Waals surface area contributed by atoms with Gasteiger partial charge in [0.25, 0.3) is 5.91 Å². The molecule has 2 aromatic rings. The number of benzene rings is 1. The van der Waals surface area contributed by atoms with Gasteiger partial charge in [-0.3, -0.25) is 4.79 Å². The van der Waals surface area contributed by atoms with E-state index in [1.165, 1.54) is 31.5 Å². The van der Waals surface area contributed by atoms with Crippen molar-refractivity contribution in [2.45, 2.75) is 13.1 Å². The van der Waals surface area contributed by atoms with Crippen LogP contribution in [0.2, 0.25) is 0 Å². The number of hydrogen-bond acceptors (Lipinski definition) is 3. The monoisotopic (exact) mass is 325 g/mol. The van der Waals surface area contributed by atoms with Gasteiger partial charge in [0.05, 0.1) is 0 Å². The van der Waals surface area contributed by atoms with E-state index in [4.69, 9.17) is 0 Å². The average Bonchev–Trinajstić information content (AvgIpc) is 2.52. The summed E-state index contributed by atoms with van der Waals surface area (Å²) >= 11 is 0. The Kier molecular flexibility index (Phi) is 4.83. The van der Waals surface area contributed by atoms with Crippen LogP contribution in [0.5, 0.6) is 0 Å². The van der Waals surface area contributed by atoms with Crippen molar-refractivity contribution in [3.8, 4) is 11.1 Å². The van der Waals surface area contributed by atoms with Gasteiger partial charge in [-0.05, 0) is 24.6 Å². The molecule has 0 saturated heterocycles. The zero-order valence-corrected chi connectivity index (χ0v) is 12.2. The number of rotatable bonds is 4. The van der Waals surface area contributed by atoms with Crippen molar-refractivity contribution in [1.82, 2.24) is 14.9 Å². The lowest BCUT2D eigenvalue weighted by Crippen LogP contribution is -2.38. The minimum absolute atomic E-state index is 0.0528. The van der Waals surface area contributed by atoms with Crippen molar-refractivity contribution < 1.29 is 18.0 Å². The molecule has 0 fully saturated rings. The second-order valence-electron chi connectivity index (χ2n) is 4.82. The topological polar surface area (TPSA) is 66.1 Å². The third-order valence-electron chi connectivity index (χ3n) is 3.15. The molecule has 1 heterocycles. The van der Waals surface area contributed by atoms with Crippen LogP contribution in [0.1, 0.15) is 17.3 Å². The van der Waals surface area contributed by atoms with Gasteiger partial charge < -0.3 is 9.88 Å². The molecule has 0 saturated carbocycles. The number of aromatic nitrogens is 2. The molecule has 0 aliphatic heterocycles. The molecule has 0 atom stereocenters. The average molecular weight is 325 g/mol. The molecular weight excluding hydrogens is 311 g/mol. The van der Waals surface area contributed by atoms with E-state index >= 15 is 0 Å². The molecule has 122 valence electrons. The first-order chi connectivity index (χ1) is 10.8. The van der Waals surface area contributed by atoms with E-state index in [2.05, 4.69) is 9.97 Å². The first-order valence-electron chi connectivity index (χ1n) is 6.81. The summed E-state index contributed by atoms with van der Waals surface area (Å²) in [5.41, 5.74) is 0.754. The van der Waals surface area contributed by atoms with E-state index in [1.807, 2.05) is 0 Å². The molecule has 0 spiro atoms. The molecule has 2 rings (SSSR count). The van der Waals surface area contributed by atoms with Crippen molar-refractivity contribution >= 4 is 5.91 Å². The predicted molar refractivity (Wildman–Crippen MR) is 77.9 cm³/mol. The molecular formula is C15H14F3N3O2. The van der Waals surface area contributed by atoms with Crippen LogP contribution < -0.4 is 5.69 Å². The zero-order chi connectivity index (χ0) is 17.0. The molecule has 0 aliphatic rings. The fraction of sp³-hybridized carbons (Fsp3) is 0.267. The quantitative estimate of drug-likeness (QED) is 0.939. The Labute approximate surface area is 129 Å². The van der Waals surface area contributed by atoms with Crippen molar-refractivity contribution in [1.29, 1.82) is 0 Å². The molecule has 0 unspecified atom stereocenters. The smallest absolute Gasteiger partial charge is 0.330 e. The predicted octanol–water partition coefficient (Wildman–Crippen LogP) is 2.46. The summed E-state index contributed by atoms with van der Waals surface area (Å²) in [4.78, 5) is 29.9. The van der Waals surface area contributed by atoms with Gasteiger partial charge in [0.2, 0.25) is 0 Å². The molecule has 1 amide bonds. The van der Waals surface area contributed by atoms with Crippen LogP contribution in [0.15, 0.2) is 41.5 Å². The van der Waals surface area contributed by atoms with Gasteiger partial charge in [0.1, 0.15) is 6.54 Å². The molecule has 23 heavy (non-hydrogen) atoms. The minimum atomic E-state index is -4.45. The van der Waals surface area contributed by atoms with Crippen LogP contribution in [0.25, 0.3) is 11.1 Å². The summed E-state index contributed by atoms with van der Waals surface area (Å²) in [6, 6.07) is 6.15. The SMILES string of the molecule is CCN(CC(F)(F)F)C(=O)c1cccc(-c2cnc(=O)[nH]c2)c1. The number of H-pyrrole nitrogens is 1. The lowest BCUT2D eigenvalue weighted by molar-refractivity contribution is -0.140. The van der Waals surface area contributed by atoms with Crippen molar-refractivity contribution in [3.63, 3.8) is 0 Å². The fourth-order valence-electron chi connectivity index (χ4n) is 2.06. The van der Waals surface area contributed by atoms with Crippen molar-refractivity contribution in [2.24, 2.45) is 0 Å². The number of carbonyl (C=O) groups is 1. The second kappa shape index (κ2) is 6.64. The Bertz CT molecular complexity index is 736. The highest BCUT2D eigenvalue weighted by Crippen LogP contribution is 2.21. The summed E-state index contributed by atoms with van der Waals surface area (Å²) in [5.74, 6) is -0.705. The molecule has 0 aliphatic carbocycles. The number of halogens is 3. The number of nitrogens with one attached hydrogen (secondary N) is 1. The van der Waals surface area contributed by atoms with Gasteiger partial charge in [0, 0.05) is 30.1 Å². The Balaban J connectivity index is 2.29. The summed E-state index contributed by atoms with van der Waals surface area (Å²) in [5, 5.41) is 0. The molecule has 0 radical (unpaired) electrons. The number of nitrogens with zero attached hydrogens (tertiary/aromatic N) is 2. The van der Waals surface area contributed by atoms with Gasteiger partial charge in [-0.1, -0.05) is 12.1 Å². The maximum absolute atomic E-state index is 12.5. The molecule has 1 aromatic carbocycles. The summed E-state index contributed by atoms with van der Waals surface area (Å²) < 4.78 is 37.5. The third kappa shape index (κ3) is 4.41. The van der Waals surface area contributed by atoms with Crippen LogP contribution in [-0.2, 0) is 0 Å². The summed E-state index contributed by atoms with van der Waals surface area (Å²) in [7, 11) is 0. The van der Waals surface area contributed by atoms with Crippen LogP contribution >= 0.6 is 0 Å². The van der Waals surface area contributed by atoms with E-state index in [0.29, 0.717) is 11.1 Å². The second-order valence-corrected chi connectivity index (χ2v) is 4.82. The minimum Gasteiger partial charge on any atom is -0.330 e. The van der Waals surface area contributed by atoms with Gasteiger partial charge in [-0.15, -0.1) is 0 Å². The summed E-state index contributed by atoms with van der Waals surface area (Å²) in [6.45, 7) is 0.134. The van der Waals surface area contributed by atoms with E-state index in [0.717, 1.165) is 4.90 Å². The van der Waals surface area contributed by atoms with Crippen LogP contribution in [0.3, 0.4) is 0 Å². The van der Waals surface area contributed by atoms with Gasteiger partial charge in [0.15, 0.2) is 0 Å². The normalized spacial score (nSPS) is 11.3. The Morgan fingerprint density at radius 3 is 2.61 bits per heavy atom. The van der Waals surface area contributed by atoms with Crippen molar-refractivity contribution in [2.75, 3.05) is 13.1 Å². The molecule has 5 nitrogen and oxygen atoms in total. The Morgan fingerprint density at radius 1 is 1.30 bits per heavy atom. The first kappa shape index (κ1) is 16.7. The first-order valence-corrected chi connectivity index (χ1v) is 6.81. The van der Waals surface area contributed by atoms with E-state index in [1.54, 1.807) is 12.1 Å². The van der Waals surface area contributed by atoms with Gasteiger partial charge >= 0.3 is 11.9 Å². The lowest BCUT2D eigenvalue weighted by atomic mass is 10.1. The molecule has 0 bridgehead atoms. The highest BCUT2D eigenvalue weighted by Gasteiger charge is 2.32. The number of carbonyl (C=O) groups excluding carboxylic acids is 1. The maximum Gasteiger partial charge on any atom is 0.406 e. The number of alkyl halides is 3. The van der Waals surface area contributed by atoms with Crippen LogP contribution in [0, 0.1) is 0 Å². The van der Waals surface area contributed by atoms with E-state index < -0.39 is 24.3 Å². The standard InChI is InChI=1S/C15H14F3N3O2/c1-2-21(9-15(16,17)18)13(22)11-5-3-4-10(6-11)12-7-19-14(23)20-8-12/h3-8H,2,9H2,1H3,(H,19,20,23). The maximum atomic E-state index is 12.5. The number of aromatic amines is 1. The molecule has 1 N–H and O–H groups in total. The Hall–Kier alpha value is -2.64. The number of amides is 1. The highest BCUT2D eigenvalue weighted by atomic mass is 19.4. The summed E-state index contributed by atoms with van der Waals surface area (Å²) in [6.07, 6.45) is -1.70. The third-order valence-corrected chi connectivity index (χ3v) is 3.15. The van der Waals surface area contributed by atoms with E-state index in [9.17, 15) is 22.8 Å². The number of hydrogen-bond donors (Lipinski definition) is 1. The van der Waals surface area contributed by atoms with Gasteiger partial charge in [-0.25, -0.2) is 9.78 Å². The van der Waals surface area contributed by atoms with Crippen LogP contribution in [-0.4, -0.2) is 40.0 Å². The van der Waals surface area contributed by atoms with Crippen molar-refractivity contribution in [3.05, 3.63) is 52.7 Å². The van der Waals surface area contributed by atoms with Crippen LogP contribution in [0.4, 0.5) is 13.2 Å². The fourth-order valence-corrected chi connectivity index (χ4v) is 2.06. The molecule has 8 heteroatoms. The van der Waals surface area contributed by atoms with Gasteiger partial charge in [-0.2, -0.15) is 13.2 Å². The zero-order valence-electron chi connectivity index (χ0n) is 12.2. The molecule has 1 aromatic heterocycles. The Morgan fingerprint density at radius 2 is 2.04 bits per heavy atom.